The molecule has 2 aromatic rings. The van der Waals surface area contributed by atoms with Crippen LogP contribution in [0.2, 0.25) is 0 Å². The highest BCUT2D eigenvalue weighted by Gasteiger charge is 2.30. The van der Waals surface area contributed by atoms with E-state index in [4.69, 9.17) is 14.2 Å². The van der Waals surface area contributed by atoms with Crippen LogP contribution in [0.15, 0.2) is 29.5 Å². The van der Waals surface area contributed by atoms with Crippen molar-refractivity contribution in [2.75, 3.05) is 20.8 Å². The lowest BCUT2D eigenvalue weighted by atomic mass is 10.0. The summed E-state index contributed by atoms with van der Waals surface area (Å²) < 4.78 is 15.6. The predicted molar refractivity (Wildman–Crippen MR) is 101 cm³/mol. The molecule has 0 bridgehead atoms. The van der Waals surface area contributed by atoms with Gasteiger partial charge in [-0.2, -0.15) is 4.80 Å². The lowest BCUT2D eigenvalue weighted by Gasteiger charge is -2.26. The number of allylic oxidation sites excluding steroid dienone is 1. The van der Waals surface area contributed by atoms with Gasteiger partial charge < -0.3 is 24.8 Å². The fourth-order valence-corrected chi connectivity index (χ4v) is 2.95. The molecule has 154 valence electrons. The highest BCUT2D eigenvalue weighted by Crippen LogP contribution is 2.30. The molecule has 0 aliphatic carbocycles. The molecule has 0 unspecified atom stereocenters. The minimum atomic E-state index is -0.511. The summed E-state index contributed by atoms with van der Waals surface area (Å²) in [5, 5.41) is 17.7. The zero-order valence-electron chi connectivity index (χ0n) is 16.6. The van der Waals surface area contributed by atoms with Gasteiger partial charge in [0.15, 0.2) is 11.5 Å². The normalized spacial score (nSPS) is 16.1. The molecule has 1 aromatic heterocycles. The summed E-state index contributed by atoms with van der Waals surface area (Å²) in [5.74, 6) is 0.965. The molecule has 11 heteroatoms. The summed E-state index contributed by atoms with van der Waals surface area (Å²) in [4.78, 5) is 25.5. The maximum Gasteiger partial charge on any atom is 0.337 e. The van der Waals surface area contributed by atoms with Crippen molar-refractivity contribution in [2.24, 2.45) is 0 Å². The van der Waals surface area contributed by atoms with Gasteiger partial charge >= 0.3 is 12.0 Å². The second-order valence-electron chi connectivity index (χ2n) is 6.15. The Labute approximate surface area is 167 Å². The lowest BCUT2D eigenvalue weighted by Crippen LogP contribution is -2.50. The Bertz CT molecular complexity index is 954. The molecule has 1 aliphatic rings. The number of rotatable bonds is 7. The first-order chi connectivity index (χ1) is 14.0. The SMILES string of the molecule is CCOC(=O)C1=C(Cn2nnc(-c3ccc(OC)c(OC)c3)n2)NC(=O)N[C@H]1C. The van der Waals surface area contributed by atoms with E-state index in [-0.39, 0.29) is 13.2 Å². The van der Waals surface area contributed by atoms with Crippen LogP contribution in [0, 0.1) is 0 Å². The largest absolute Gasteiger partial charge is 0.493 e. The number of carbonyl (C=O) groups excluding carboxylic acids is 2. The van der Waals surface area contributed by atoms with Gasteiger partial charge in [-0.25, -0.2) is 9.59 Å². The highest BCUT2D eigenvalue weighted by molar-refractivity contribution is 5.94. The van der Waals surface area contributed by atoms with Gasteiger partial charge in [-0.3, -0.25) is 0 Å². The summed E-state index contributed by atoms with van der Waals surface area (Å²) >= 11 is 0. The van der Waals surface area contributed by atoms with E-state index in [9.17, 15) is 9.59 Å². The molecular weight excluding hydrogens is 380 g/mol. The fourth-order valence-electron chi connectivity index (χ4n) is 2.95. The number of hydrogen-bond acceptors (Lipinski definition) is 8. The molecule has 0 spiro atoms. The number of aromatic nitrogens is 4. The lowest BCUT2D eigenvalue weighted by molar-refractivity contribution is -0.139. The smallest absolute Gasteiger partial charge is 0.337 e. The number of hydrogen-bond donors (Lipinski definition) is 2. The zero-order chi connectivity index (χ0) is 21.0. The van der Waals surface area contributed by atoms with Crippen molar-refractivity contribution in [3.8, 4) is 22.9 Å². The average molecular weight is 402 g/mol. The number of ether oxygens (including phenoxy) is 3. The number of amides is 2. The summed E-state index contributed by atoms with van der Waals surface area (Å²) in [6.45, 7) is 3.69. The third-order valence-corrected chi connectivity index (χ3v) is 4.26. The minimum Gasteiger partial charge on any atom is -0.493 e. The van der Waals surface area contributed by atoms with E-state index in [0.29, 0.717) is 34.2 Å². The second kappa shape index (κ2) is 8.59. The van der Waals surface area contributed by atoms with Crippen LogP contribution in [0.4, 0.5) is 4.79 Å². The Morgan fingerprint density at radius 2 is 2.00 bits per heavy atom. The maximum atomic E-state index is 12.3. The molecule has 2 heterocycles. The molecule has 29 heavy (non-hydrogen) atoms. The number of benzene rings is 1. The van der Waals surface area contributed by atoms with E-state index in [1.165, 1.54) is 11.9 Å². The summed E-state index contributed by atoms with van der Waals surface area (Å²) in [6, 6.07) is 4.33. The molecule has 11 nitrogen and oxygen atoms in total. The van der Waals surface area contributed by atoms with Gasteiger partial charge in [-0.1, -0.05) is 0 Å². The van der Waals surface area contributed by atoms with Gasteiger partial charge in [-0.15, -0.1) is 10.2 Å². The van der Waals surface area contributed by atoms with Gasteiger partial charge in [0.05, 0.1) is 38.1 Å². The quantitative estimate of drug-likeness (QED) is 0.653. The molecule has 0 radical (unpaired) electrons. The van der Waals surface area contributed by atoms with E-state index < -0.39 is 18.0 Å². The van der Waals surface area contributed by atoms with Gasteiger partial charge in [-0.05, 0) is 37.3 Å². The number of esters is 1. The number of nitrogens with zero attached hydrogens (tertiary/aromatic N) is 4. The number of carbonyl (C=O) groups is 2. The van der Waals surface area contributed by atoms with Crippen molar-refractivity contribution in [1.82, 2.24) is 30.8 Å². The van der Waals surface area contributed by atoms with Crippen molar-refractivity contribution in [3.63, 3.8) is 0 Å². The number of methoxy groups -OCH3 is 2. The molecule has 2 amide bonds. The third kappa shape index (κ3) is 4.28. The van der Waals surface area contributed by atoms with Gasteiger partial charge in [0.2, 0.25) is 5.82 Å². The van der Waals surface area contributed by atoms with E-state index in [2.05, 4.69) is 26.0 Å². The van der Waals surface area contributed by atoms with Crippen LogP contribution in [0.1, 0.15) is 13.8 Å². The highest BCUT2D eigenvalue weighted by atomic mass is 16.5. The number of nitrogens with one attached hydrogen (secondary N) is 2. The Morgan fingerprint density at radius 3 is 2.69 bits per heavy atom. The topological polar surface area (TPSA) is 129 Å². The summed E-state index contributed by atoms with van der Waals surface area (Å²) in [6.07, 6.45) is 0. The molecule has 0 saturated carbocycles. The Morgan fingerprint density at radius 1 is 1.24 bits per heavy atom. The van der Waals surface area contributed by atoms with Crippen LogP contribution < -0.4 is 20.1 Å². The van der Waals surface area contributed by atoms with Crippen molar-refractivity contribution in [1.29, 1.82) is 0 Å². The van der Waals surface area contributed by atoms with E-state index in [1.807, 2.05) is 0 Å². The van der Waals surface area contributed by atoms with Crippen molar-refractivity contribution < 1.29 is 23.8 Å². The number of urea groups is 1. The Hall–Kier alpha value is -3.63. The van der Waals surface area contributed by atoms with Crippen molar-refractivity contribution in [3.05, 3.63) is 29.5 Å². The predicted octanol–water partition coefficient (Wildman–Crippen LogP) is 0.876. The molecule has 1 aromatic carbocycles. The van der Waals surface area contributed by atoms with Gasteiger partial charge in [0, 0.05) is 5.56 Å². The molecule has 1 atom stereocenters. The average Bonchev–Trinajstić information content (AvgIpc) is 3.15. The maximum absolute atomic E-state index is 12.3. The van der Waals surface area contributed by atoms with Crippen LogP contribution >= 0.6 is 0 Å². The minimum absolute atomic E-state index is 0.0478. The van der Waals surface area contributed by atoms with E-state index in [1.54, 1.807) is 39.2 Å². The van der Waals surface area contributed by atoms with E-state index >= 15 is 0 Å². The Kier molecular flexibility index (Phi) is 5.96. The molecule has 0 fully saturated rings. The molecule has 1 aliphatic heterocycles. The van der Waals surface area contributed by atoms with E-state index in [0.717, 1.165) is 0 Å². The first kappa shape index (κ1) is 20.1. The fraction of sp³-hybridized carbons (Fsp3) is 0.389. The summed E-state index contributed by atoms with van der Waals surface area (Å²) in [5.41, 5.74) is 1.35. The zero-order valence-corrected chi connectivity index (χ0v) is 16.6. The van der Waals surface area contributed by atoms with Crippen LogP contribution in [0.5, 0.6) is 11.5 Å². The van der Waals surface area contributed by atoms with Gasteiger partial charge in [0.1, 0.15) is 6.54 Å². The number of tetrazole rings is 1. The summed E-state index contributed by atoms with van der Waals surface area (Å²) in [7, 11) is 3.09. The molecular formula is C18H22N6O5. The van der Waals surface area contributed by atoms with Gasteiger partial charge in [0.25, 0.3) is 0 Å². The Balaban J connectivity index is 1.89. The third-order valence-electron chi connectivity index (χ3n) is 4.26. The first-order valence-electron chi connectivity index (χ1n) is 8.94. The monoisotopic (exact) mass is 402 g/mol. The second-order valence-corrected chi connectivity index (χ2v) is 6.15. The van der Waals surface area contributed by atoms with Crippen LogP contribution in [-0.2, 0) is 16.1 Å². The molecule has 0 saturated heterocycles. The van der Waals surface area contributed by atoms with Crippen LogP contribution in [-0.4, -0.2) is 59.1 Å². The van der Waals surface area contributed by atoms with Crippen molar-refractivity contribution in [2.45, 2.75) is 26.4 Å². The van der Waals surface area contributed by atoms with Crippen LogP contribution in [0.3, 0.4) is 0 Å². The molecule has 3 rings (SSSR count). The molecule has 2 N–H and O–H groups in total. The van der Waals surface area contributed by atoms with Crippen LogP contribution in [0.25, 0.3) is 11.4 Å². The first-order valence-corrected chi connectivity index (χ1v) is 8.94. The standard InChI is InChI=1S/C18H22N6O5/c1-5-29-17(25)15-10(2)19-18(26)20-12(15)9-24-22-16(21-23-24)11-6-7-13(27-3)14(8-11)28-4/h6-8,10H,5,9H2,1-4H3,(H2,19,20,26)/t10-/m0/s1. The van der Waals surface area contributed by atoms with Crippen molar-refractivity contribution >= 4 is 12.0 Å².